The third-order valence-corrected chi connectivity index (χ3v) is 5.26. The molecule has 0 aliphatic heterocycles. The Labute approximate surface area is 183 Å². The zero-order valence-corrected chi connectivity index (χ0v) is 17.9. The van der Waals surface area contributed by atoms with E-state index in [0.29, 0.717) is 31.4 Å². The number of ether oxygens (including phenoxy) is 2. The van der Waals surface area contributed by atoms with Crippen LogP contribution in [0.3, 0.4) is 0 Å². The molecule has 3 rings (SSSR count). The summed E-state index contributed by atoms with van der Waals surface area (Å²) in [5.41, 5.74) is 2.46. The molecule has 152 valence electrons. The summed E-state index contributed by atoms with van der Waals surface area (Å²) in [6.07, 6.45) is 0.578. The van der Waals surface area contributed by atoms with Gasteiger partial charge in [-0.2, -0.15) is 0 Å². The fourth-order valence-corrected chi connectivity index (χ4v) is 3.87. The van der Waals surface area contributed by atoms with E-state index in [1.54, 1.807) is 0 Å². The summed E-state index contributed by atoms with van der Waals surface area (Å²) >= 11 is 11.8. The molecule has 0 aromatic heterocycles. The van der Waals surface area contributed by atoms with Crippen LogP contribution < -0.4 is 0 Å². The van der Waals surface area contributed by atoms with Crippen molar-refractivity contribution in [3.8, 4) is 0 Å². The van der Waals surface area contributed by atoms with Crippen molar-refractivity contribution in [2.75, 3.05) is 25.0 Å². The fourth-order valence-electron chi connectivity index (χ4n) is 3.53. The molecular formula is C25H26Cl2O2. The maximum Gasteiger partial charge on any atom is 0.143 e. The van der Waals surface area contributed by atoms with Gasteiger partial charge in [-0.1, -0.05) is 91.0 Å². The van der Waals surface area contributed by atoms with Crippen molar-refractivity contribution in [2.24, 2.45) is 0 Å². The Morgan fingerprint density at radius 3 is 1.48 bits per heavy atom. The second kappa shape index (κ2) is 11.4. The van der Waals surface area contributed by atoms with Gasteiger partial charge in [-0.15, -0.1) is 23.2 Å². The molecule has 0 fully saturated rings. The third-order valence-electron chi connectivity index (χ3n) is 4.89. The summed E-state index contributed by atoms with van der Waals surface area (Å²) in [5, 5.41) is 0. The van der Waals surface area contributed by atoms with Crippen LogP contribution in [-0.2, 0) is 15.1 Å². The van der Waals surface area contributed by atoms with E-state index in [0.717, 1.165) is 16.7 Å². The molecular weight excluding hydrogens is 403 g/mol. The second-order valence-electron chi connectivity index (χ2n) is 6.75. The SMILES string of the molecule is ClCCO[C@@H](CCCl)COC(c1ccccc1)(c1ccccc1)c1ccccc1. The monoisotopic (exact) mass is 428 g/mol. The molecule has 29 heavy (non-hydrogen) atoms. The van der Waals surface area contributed by atoms with E-state index in [1.165, 1.54) is 0 Å². The average molecular weight is 429 g/mol. The number of hydrogen-bond donors (Lipinski definition) is 0. The van der Waals surface area contributed by atoms with Gasteiger partial charge in [0.05, 0.1) is 19.3 Å². The first-order valence-electron chi connectivity index (χ1n) is 9.85. The minimum absolute atomic E-state index is 0.123. The summed E-state index contributed by atoms with van der Waals surface area (Å²) in [7, 11) is 0. The van der Waals surface area contributed by atoms with E-state index < -0.39 is 5.60 Å². The van der Waals surface area contributed by atoms with Crippen molar-refractivity contribution in [1.82, 2.24) is 0 Å². The predicted molar refractivity (Wildman–Crippen MR) is 121 cm³/mol. The number of benzene rings is 3. The van der Waals surface area contributed by atoms with Gasteiger partial charge in [-0.25, -0.2) is 0 Å². The lowest BCUT2D eigenvalue weighted by Gasteiger charge is -2.37. The summed E-state index contributed by atoms with van der Waals surface area (Å²) < 4.78 is 12.7. The molecule has 1 atom stereocenters. The van der Waals surface area contributed by atoms with Crippen molar-refractivity contribution in [1.29, 1.82) is 0 Å². The number of hydrogen-bond acceptors (Lipinski definition) is 2. The topological polar surface area (TPSA) is 18.5 Å². The molecule has 0 amide bonds. The van der Waals surface area contributed by atoms with Crippen LogP contribution in [0.1, 0.15) is 23.1 Å². The summed E-state index contributed by atoms with van der Waals surface area (Å²) in [6.45, 7) is 0.879. The lowest BCUT2D eigenvalue weighted by molar-refractivity contribution is -0.0624. The molecule has 0 bridgehead atoms. The molecule has 0 aliphatic rings. The highest BCUT2D eigenvalue weighted by molar-refractivity contribution is 6.18. The highest BCUT2D eigenvalue weighted by atomic mass is 35.5. The van der Waals surface area contributed by atoms with Crippen molar-refractivity contribution in [2.45, 2.75) is 18.1 Å². The molecule has 3 aromatic rings. The summed E-state index contributed by atoms with van der Waals surface area (Å²) in [5.74, 6) is 0.950. The summed E-state index contributed by atoms with van der Waals surface area (Å²) in [6, 6.07) is 30.9. The Kier molecular flexibility index (Phi) is 8.57. The molecule has 0 radical (unpaired) electrons. The van der Waals surface area contributed by atoms with Gasteiger partial charge in [0, 0.05) is 11.8 Å². The average Bonchev–Trinajstić information content (AvgIpc) is 2.80. The van der Waals surface area contributed by atoms with Crippen molar-refractivity contribution in [3.05, 3.63) is 108 Å². The minimum Gasteiger partial charge on any atom is -0.375 e. The Hall–Kier alpha value is -1.84. The van der Waals surface area contributed by atoms with Gasteiger partial charge >= 0.3 is 0 Å². The van der Waals surface area contributed by atoms with E-state index >= 15 is 0 Å². The van der Waals surface area contributed by atoms with Crippen LogP contribution in [0.4, 0.5) is 0 Å². The molecule has 3 aromatic carbocycles. The number of halogens is 2. The van der Waals surface area contributed by atoms with Gasteiger partial charge in [0.25, 0.3) is 0 Å². The van der Waals surface area contributed by atoms with Crippen molar-refractivity contribution in [3.63, 3.8) is 0 Å². The molecule has 0 spiro atoms. The highest BCUT2D eigenvalue weighted by Crippen LogP contribution is 2.40. The molecule has 0 unspecified atom stereocenters. The van der Waals surface area contributed by atoms with Crippen LogP contribution in [0.2, 0.25) is 0 Å². The lowest BCUT2D eigenvalue weighted by Crippen LogP contribution is -2.36. The fraction of sp³-hybridized carbons (Fsp3) is 0.280. The molecule has 0 aliphatic carbocycles. The number of rotatable bonds is 11. The molecule has 0 heterocycles. The number of alkyl halides is 2. The zero-order valence-electron chi connectivity index (χ0n) is 16.3. The first kappa shape index (κ1) is 21.9. The van der Waals surface area contributed by atoms with E-state index in [4.69, 9.17) is 32.7 Å². The maximum atomic E-state index is 6.77. The van der Waals surface area contributed by atoms with E-state index in [2.05, 4.69) is 36.4 Å². The Morgan fingerprint density at radius 1 is 0.655 bits per heavy atom. The largest absolute Gasteiger partial charge is 0.375 e. The van der Waals surface area contributed by atoms with Crippen LogP contribution in [0, 0.1) is 0 Å². The van der Waals surface area contributed by atoms with Gasteiger partial charge in [-0.05, 0) is 23.1 Å². The smallest absolute Gasteiger partial charge is 0.143 e. The van der Waals surface area contributed by atoms with Gasteiger partial charge < -0.3 is 9.47 Å². The third kappa shape index (κ3) is 5.40. The van der Waals surface area contributed by atoms with Gasteiger partial charge in [0.15, 0.2) is 0 Å². The van der Waals surface area contributed by atoms with Gasteiger partial charge in [-0.3, -0.25) is 0 Å². The highest BCUT2D eigenvalue weighted by Gasteiger charge is 2.38. The lowest BCUT2D eigenvalue weighted by atomic mass is 9.80. The van der Waals surface area contributed by atoms with Gasteiger partial charge in [0.1, 0.15) is 5.60 Å². The quantitative estimate of drug-likeness (QED) is 0.265. The standard InChI is InChI=1S/C25H26Cl2O2/c26-17-16-24(28-19-18-27)20-29-25(21-10-4-1-5-11-21,22-12-6-2-7-13-22)23-14-8-3-9-15-23/h1-15,24H,16-20H2/t24-/m0/s1. The van der Waals surface area contributed by atoms with Crippen LogP contribution in [0.15, 0.2) is 91.0 Å². The maximum absolute atomic E-state index is 6.77. The minimum atomic E-state index is -0.751. The second-order valence-corrected chi connectivity index (χ2v) is 7.51. The van der Waals surface area contributed by atoms with Crippen LogP contribution in [0.25, 0.3) is 0 Å². The van der Waals surface area contributed by atoms with Crippen molar-refractivity contribution < 1.29 is 9.47 Å². The Bertz CT molecular complexity index is 729. The molecule has 4 heteroatoms. The molecule has 0 saturated carbocycles. The van der Waals surface area contributed by atoms with E-state index in [-0.39, 0.29) is 6.10 Å². The zero-order chi connectivity index (χ0) is 20.4. The Morgan fingerprint density at radius 2 is 1.10 bits per heavy atom. The summed E-state index contributed by atoms with van der Waals surface area (Å²) in [4.78, 5) is 0. The first-order chi connectivity index (χ1) is 14.3. The van der Waals surface area contributed by atoms with E-state index in [9.17, 15) is 0 Å². The first-order valence-corrected chi connectivity index (χ1v) is 10.9. The van der Waals surface area contributed by atoms with Crippen LogP contribution in [-0.4, -0.2) is 31.1 Å². The molecule has 2 nitrogen and oxygen atoms in total. The normalized spacial score (nSPS) is 12.6. The van der Waals surface area contributed by atoms with Crippen molar-refractivity contribution >= 4 is 23.2 Å². The predicted octanol–water partition coefficient (Wildman–Crippen LogP) is 6.25. The van der Waals surface area contributed by atoms with Gasteiger partial charge in [0.2, 0.25) is 0 Å². The molecule has 0 N–H and O–H groups in total. The van der Waals surface area contributed by atoms with Crippen LogP contribution in [0.5, 0.6) is 0 Å². The Balaban J connectivity index is 2.07. The molecule has 0 saturated heterocycles. The van der Waals surface area contributed by atoms with E-state index in [1.807, 2.05) is 54.6 Å². The van der Waals surface area contributed by atoms with Crippen LogP contribution >= 0.6 is 23.2 Å².